The number of halogens is 4. The first-order valence-electron chi connectivity index (χ1n) is 9.75. The van der Waals surface area contributed by atoms with Gasteiger partial charge in [0.15, 0.2) is 0 Å². The highest BCUT2D eigenvalue weighted by Crippen LogP contribution is 2.43. The molecule has 1 aliphatic heterocycles. The van der Waals surface area contributed by atoms with Gasteiger partial charge < -0.3 is 10.2 Å². The Kier molecular flexibility index (Phi) is 9.22. The van der Waals surface area contributed by atoms with Crippen LogP contribution in [0.25, 0.3) is 0 Å². The first-order valence-corrected chi connectivity index (χ1v) is 11.3. The molecule has 0 aromatic heterocycles. The summed E-state index contributed by atoms with van der Waals surface area (Å²) in [6.07, 6.45) is 1.82. The molecule has 1 saturated heterocycles. The molecule has 30 heavy (non-hydrogen) atoms. The Hall–Kier alpha value is -0.630. The quantitative estimate of drug-likeness (QED) is 0.567. The van der Waals surface area contributed by atoms with Gasteiger partial charge in [-0.25, -0.2) is 0 Å². The molecule has 0 bridgehead atoms. The summed E-state index contributed by atoms with van der Waals surface area (Å²) >= 11 is 7.10. The molecule has 1 N–H and O–H groups in total. The first kappa shape index (κ1) is 25.6. The van der Waals surface area contributed by atoms with E-state index < -0.39 is 5.54 Å². The van der Waals surface area contributed by atoms with Gasteiger partial charge in [0.1, 0.15) is 5.54 Å². The third-order valence-electron chi connectivity index (χ3n) is 5.92. The molecule has 1 amide bonds. The van der Waals surface area contributed by atoms with Gasteiger partial charge in [-0.3, -0.25) is 9.69 Å². The van der Waals surface area contributed by atoms with Crippen molar-refractivity contribution in [1.82, 2.24) is 15.1 Å². The number of carbonyl (C=O) groups is 1. The molecule has 1 aliphatic carbocycles. The molecule has 2 aliphatic rings. The van der Waals surface area contributed by atoms with Crippen molar-refractivity contribution in [2.24, 2.45) is 0 Å². The molecular weight excluding hydrogens is 553 g/mol. The van der Waals surface area contributed by atoms with Crippen molar-refractivity contribution < 1.29 is 4.79 Å². The molecule has 0 saturated carbocycles. The van der Waals surface area contributed by atoms with E-state index in [1.165, 1.54) is 11.1 Å². The van der Waals surface area contributed by atoms with Gasteiger partial charge in [-0.1, -0.05) is 56.1 Å². The summed E-state index contributed by atoms with van der Waals surface area (Å²) in [5, 5.41) is 3.42. The Labute approximate surface area is 207 Å². The van der Waals surface area contributed by atoms with E-state index >= 15 is 0 Å². The molecule has 2 aromatic rings. The number of fused-ring (bicyclic) bond motifs is 1. The van der Waals surface area contributed by atoms with E-state index in [-0.39, 0.29) is 30.7 Å². The topological polar surface area (TPSA) is 35.6 Å². The van der Waals surface area contributed by atoms with Crippen molar-refractivity contribution in [3.63, 3.8) is 0 Å². The van der Waals surface area contributed by atoms with Crippen LogP contribution in [0.5, 0.6) is 0 Å². The standard InChI is InChI=1S/C22H25Br2N3O.2ClH/c1-26(15-16-12-18(23)14-19(24)13-16)21(28)22(27-10-8-25-9-11-27)7-6-17-4-2-3-5-20(17)22;;/h2-5,12-14,25H,6-11,15H2,1H3;2*1H/t22-;;/m0../s1. The van der Waals surface area contributed by atoms with Gasteiger partial charge in [0.25, 0.3) is 0 Å². The van der Waals surface area contributed by atoms with Crippen LogP contribution in [0.4, 0.5) is 0 Å². The van der Waals surface area contributed by atoms with Gasteiger partial charge in [0, 0.05) is 48.7 Å². The maximum atomic E-state index is 13.9. The van der Waals surface area contributed by atoms with Gasteiger partial charge in [-0.2, -0.15) is 0 Å². The lowest BCUT2D eigenvalue weighted by Gasteiger charge is -2.44. The molecular formula is C22H27Br2Cl2N3O. The zero-order valence-electron chi connectivity index (χ0n) is 16.9. The van der Waals surface area contributed by atoms with Crippen LogP contribution in [0.3, 0.4) is 0 Å². The summed E-state index contributed by atoms with van der Waals surface area (Å²) in [5.74, 6) is 0.204. The number of hydrogen-bond acceptors (Lipinski definition) is 3. The van der Waals surface area contributed by atoms with E-state index in [2.05, 4.69) is 78.5 Å². The highest BCUT2D eigenvalue weighted by molar-refractivity contribution is 9.11. The van der Waals surface area contributed by atoms with E-state index in [0.29, 0.717) is 6.54 Å². The second-order valence-electron chi connectivity index (χ2n) is 7.69. The predicted octanol–water partition coefficient (Wildman–Crippen LogP) is 4.76. The highest BCUT2D eigenvalue weighted by Gasteiger charge is 2.50. The van der Waals surface area contributed by atoms with Gasteiger partial charge in [0.2, 0.25) is 5.91 Å². The minimum atomic E-state index is -0.545. The van der Waals surface area contributed by atoms with Crippen LogP contribution in [0.15, 0.2) is 51.4 Å². The van der Waals surface area contributed by atoms with Crippen molar-refractivity contribution in [3.05, 3.63) is 68.1 Å². The Morgan fingerprint density at radius 2 is 1.73 bits per heavy atom. The van der Waals surface area contributed by atoms with Crippen LogP contribution in [0.2, 0.25) is 0 Å². The lowest BCUT2D eigenvalue weighted by Crippen LogP contribution is -2.60. The SMILES string of the molecule is CN(Cc1cc(Br)cc(Br)c1)C(=O)[C@]1(N2CCNCC2)CCc2ccccc21.Cl.Cl. The number of likely N-dealkylation sites (N-methyl/N-ethyl adjacent to an activating group) is 1. The smallest absolute Gasteiger partial charge is 0.247 e. The third-order valence-corrected chi connectivity index (χ3v) is 6.83. The van der Waals surface area contributed by atoms with Crippen LogP contribution < -0.4 is 5.32 Å². The van der Waals surface area contributed by atoms with Crippen LogP contribution in [-0.2, 0) is 23.3 Å². The second-order valence-corrected chi connectivity index (χ2v) is 9.52. The van der Waals surface area contributed by atoms with Gasteiger partial charge in [-0.05, 0) is 47.7 Å². The van der Waals surface area contributed by atoms with Crippen molar-refractivity contribution in [2.45, 2.75) is 24.9 Å². The number of rotatable bonds is 4. The average molecular weight is 580 g/mol. The molecule has 0 spiro atoms. The normalized spacial score (nSPS) is 20.6. The number of aryl methyl sites for hydroxylation is 1. The molecule has 1 atom stereocenters. The summed E-state index contributed by atoms with van der Waals surface area (Å²) in [5.41, 5.74) is 3.08. The fourth-order valence-electron chi connectivity index (χ4n) is 4.69. The van der Waals surface area contributed by atoms with Crippen LogP contribution >= 0.6 is 56.7 Å². The highest BCUT2D eigenvalue weighted by atomic mass is 79.9. The molecule has 0 unspecified atom stereocenters. The average Bonchev–Trinajstić information content (AvgIpc) is 3.08. The number of benzene rings is 2. The summed E-state index contributed by atoms with van der Waals surface area (Å²) < 4.78 is 2.03. The van der Waals surface area contributed by atoms with Crippen LogP contribution in [-0.4, -0.2) is 48.9 Å². The summed E-state index contributed by atoms with van der Waals surface area (Å²) in [7, 11) is 1.93. The van der Waals surface area contributed by atoms with Crippen LogP contribution in [0.1, 0.15) is 23.1 Å². The fourth-order valence-corrected chi connectivity index (χ4v) is 6.08. The Morgan fingerprint density at radius 1 is 1.10 bits per heavy atom. The monoisotopic (exact) mass is 577 g/mol. The second kappa shape index (κ2) is 10.8. The molecule has 1 fully saturated rings. The van der Waals surface area contributed by atoms with Crippen molar-refractivity contribution >= 4 is 62.6 Å². The number of nitrogens with zero attached hydrogens (tertiary/aromatic N) is 2. The summed E-state index contributed by atoms with van der Waals surface area (Å²) in [6.45, 7) is 4.25. The van der Waals surface area contributed by atoms with Gasteiger partial charge in [0.05, 0.1) is 0 Å². The maximum absolute atomic E-state index is 13.9. The Morgan fingerprint density at radius 3 is 2.40 bits per heavy atom. The molecule has 8 heteroatoms. The number of amides is 1. The number of piperazine rings is 1. The fraction of sp³-hybridized carbons (Fsp3) is 0.409. The molecule has 4 rings (SSSR count). The van der Waals surface area contributed by atoms with E-state index in [4.69, 9.17) is 0 Å². The predicted molar refractivity (Wildman–Crippen MR) is 134 cm³/mol. The zero-order valence-corrected chi connectivity index (χ0v) is 21.7. The lowest BCUT2D eigenvalue weighted by atomic mass is 9.87. The summed E-state index contributed by atoms with van der Waals surface area (Å²) in [6, 6.07) is 14.7. The molecule has 0 radical (unpaired) electrons. The van der Waals surface area contributed by atoms with Crippen LogP contribution in [0, 0.1) is 0 Å². The van der Waals surface area contributed by atoms with Crippen molar-refractivity contribution in [2.75, 3.05) is 33.2 Å². The molecule has 1 heterocycles. The Balaban J connectivity index is 0.00000160. The maximum Gasteiger partial charge on any atom is 0.247 e. The summed E-state index contributed by atoms with van der Waals surface area (Å²) in [4.78, 5) is 18.3. The van der Waals surface area contributed by atoms with E-state index in [0.717, 1.165) is 53.5 Å². The number of carbonyl (C=O) groups excluding carboxylic acids is 1. The Bertz CT molecular complexity index is 872. The minimum absolute atomic E-state index is 0. The molecule has 2 aromatic carbocycles. The molecule has 164 valence electrons. The third kappa shape index (κ3) is 4.89. The first-order chi connectivity index (χ1) is 13.5. The van der Waals surface area contributed by atoms with Crippen molar-refractivity contribution in [3.8, 4) is 0 Å². The number of hydrogen-bond donors (Lipinski definition) is 1. The van der Waals surface area contributed by atoms with Gasteiger partial charge >= 0.3 is 0 Å². The molecule has 4 nitrogen and oxygen atoms in total. The van der Waals surface area contributed by atoms with Crippen molar-refractivity contribution in [1.29, 1.82) is 0 Å². The van der Waals surface area contributed by atoms with E-state index in [9.17, 15) is 4.79 Å². The number of nitrogens with one attached hydrogen (secondary N) is 1. The largest absolute Gasteiger partial charge is 0.340 e. The minimum Gasteiger partial charge on any atom is -0.340 e. The zero-order chi connectivity index (χ0) is 19.7. The van der Waals surface area contributed by atoms with Gasteiger partial charge in [-0.15, -0.1) is 24.8 Å². The lowest BCUT2D eigenvalue weighted by molar-refractivity contribution is -0.145. The van der Waals surface area contributed by atoms with E-state index in [1.54, 1.807) is 0 Å². The van der Waals surface area contributed by atoms with E-state index in [1.807, 2.05) is 18.0 Å².